The third-order valence-corrected chi connectivity index (χ3v) is 3.53. The van der Waals surface area contributed by atoms with E-state index in [0.29, 0.717) is 18.5 Å². The first kappa shape index (κ1) is 18.1. The second-order valence-corrected chi connectivity index (χ2v) is 5.07. The van der Waals surface area contributed by atoms with E-state index in [2.05, 4.69) is 5.32 Å². The van der Waals surface area contributed by atoms with Gasteiger partial charge >= 0.3 is 5.66 Å². The van der Waals surface area contributed by atoms with Crippen molar-refractivity contribution in [1.82, 2.24) is 5.32 Å². The van der Waals surface area contributed by atoms with Crippen LogP contribution in [0.3, 0.4) is 0 Å². The van der Waals surface area contributed by atoms with Crippen molar-refractivity contribution in [3.8, 4) is 0 Å². The van der Waals surface area contributed by atoms with Gasteiger partial charge < -0.3 is 0 Å². The summed E-state index contributed by atoms with van der Waals surface area (Å²) in [4.78, 5) is 11.7. The summed E-state index contributed by atoms with van der Waals surface area (Å²) in [6.45, 7) is 2.61. The molecule has 0 aliphatic carbocycles. The molecule has 0 aromatic heterocycles. The van der Waals surface area contributed by atoms with Crippen molar-refractivity contribution >= 4 is 12.4 Å². The summed E-state index contributed by atoms with van der Waals surface area (Å²) in [5.74, 6) is 0. The van der Waals surface area contributed by atoms with Crippen molar-refractivity contribution in [2.24, 2.45) is 0 Å². The molecule has 2 aromatic carbocycles. The van der Waals surface area contributed by atoms with Gasteiger partial charge in [0.2, 0.25) is 0 Å². The van der Waals surface area contributed by atoms with Crippen LogP contribution in [0, 0.1) is 10.1 Å². The zero-order chi connectivity index (χ0) is 15.1. The summed E-state index contributed by atoms with van der Waals surface area (Å²) in [7, 11) is 0. The third-order valence-electron chi connectivity index (χ3n) is 3.53. The van der Waals surface area contributed by atoms with Crippen molar-refractivity contribution in [3.63, 3.8) is 0 Å². The summed E-state index contributed by atoms with van der Waals surface area (Å²) in [5, 5.41) is 15.0. The van der Waals surface area contributed by atoms with Crippen LogP contribution in [-0.4, -0.2) is 11.5 Å². The molecule has 0 radical (unpaired) electrons. The molecule has 0 bridgehead atoms. The fourth-order valence-electron chi connectivity index (χ4n) is 2.44. The number of nitrogens with zero attached hydrogens (tertiary/aromatic N) is 1. The lowest BCUT2D eigenvalue weighted by Gasteiger charge is -2.27. The van der Waals surface area contributed by atoms with Gasteiger partial charge in [-0.3, -0.25) is 10.1 Å². The van der Waals surface area contributed by atoms with E-state index in [9.17, 15) is 10.1 Å². The van der Waals surface area contributed by atoms with Crippen LogP contribution < -0.4 is 5.32 Å². The largest absolute Gasteiger partial charge is 0.304 e. The number of benzene rings is 2. The maximum atomic E-state index is 11.9. The maximum Gasteiger partial charge on any atom is 0.304 e. The smallest absolute Gasteiger partial charge is 0.262 e. The Labute approximate surface area is 137 Å². The minimum absolute atomic E-state index is 0. The molecule has 0 spiro atoms. The van der Waals surface area contributed by atoms with E-state index in [-0.39, 0.29) is 17.3 Å². The predicted octanol–water partition coefficient (Wildman–Crippen LogP) is 3.78. The summed E-state index contributed by atoms with van der Waals surface area (Å²) < 4.78 is 0. The molecule has 1 atom stereocenters. The van der Waals surface area contributed by atoms with Gasteiger partial charge in [0.25, 0.3) is 0 Å². The minimum Gasteiger partial charge on any atom is -0.262 e. The number of nitro groups is 1. The maximum absolute atomic E-state index is 11.9. The highest BCUT2D eigenvalue weighted by atomic mass is 35.5. The Morgan fingerprint density at radius 2 is 1.59 bits per heavy atom. The van der Waals surface area contributed by atoms with E-state index in [1.807, 2.05) is 67.6 Å². The van der Waals surface area contributed by atoms with Crippen molar-refractivity contribution in [2.45, 2.75) is 25.4 Å². The highest BCUT2D eigenvalue weighted by molar-refractivity contribution is 5.85. The lowest BCUT2D eigenvalue weighted by molar-refractivity contribution is -0.588. The van der Waals surface area contributed by atoms with Gasteiger partial charge in [-0.15, -0.1) is 12.4 Å². The third kappa shape index (κ3) is 4.06. The highest BCUT2D eigenvalue weighted by Gasteiger charge is 2.44. The number of hydrogen-bond acceptors (Lipinski definition) is 3. The molecule has 1 unspecified atom stereocenters. The fraction of sp³-hybridized carbons (Fsp3) is 0.294. The van der Waals surface area contributed by atoms with E-state index < -0.39 is 5.66 Å². The lowest BCUT2D eigenvalue weighted by Crippen LogP contribution is -2.51. The molecule has 1 N–H and O–H groups in total. The lowest BCUT2D eigenvalue weighted by atomic mass is 9.92. The van der Waals surface area contributed by atoms with E-state index in [4.69, 9.17) is 0 Å². The fourth-order valence-corrected chi connectivity index (χ4v) is 2.44. The molecule has 22 heavy (non-hydrogen) atoms. The van der Waals surface area contributed by atoms with Gasteiger partial charge in [-0.25, -0.2) is 5.32 Å². The van der Waals surface area contributed by atoms with Gasteiger partial charge in [0, 0.05) is 17.0 Å². The van der Waals surface area contributed by atoms with Crippen LogP contribution >= 0.6 is 12.4 Å². The Morgan fingerprint density at radius 3 is 2.09 bits per heavy atom. The summed E-state index contributed by atoms with van der Waals surface area (Å²) in [5.41, 5.74) is 0.354. The Morgan fingerprint density at radius 1 is 1.05 bits per heavy atom. The van der Waals surface area contributed by atoms with Crippen LogP contribution in [0.4, 0.5) is 0 Å². The van der Waals surface area contributed by atoms with Gasteiger partial charge in [0.15, 0.2) is 0 Å². The minimum atomic E-state index is -1.28. The zero-order valence-electron chi connectivity index (χ0n) is 12.6. The first-order chi connectivity index (χ1) is 10.2. The summed E-state index contributed by atoms with van der Waals surface area (Å²) in [6, 6.07) is 18.8. The van der Waals surface area contributed by atoms with E-state index in [0.717, 1.165) is 12.0 Å². The number of rotatable bonds is 7. The molecule has 5 heteroatoms. The normalized spacial score (nSPS) is 13.0. The quantitative estimate of drug-likeness (QED) is 0.480. The molecule has 0 amide bonds. The van der Waals surface area contributed by atoms with Crippen molar-refractivity contribution in [2.75, 3.05) is 6.54 Å². The monoisotopic (exact) mass is 320 g/mol. The molecule has 118 valence electrons. The Kier molecular flexibility index (Phi) is 7.02. The molecule has 4 nitrogen and oxygen atoms in total. The first-order valence-electron chi connectivity index (χ1n) is 7.18. The molecule has 2 rings (SSSR count). The average Bonchev–Trinajstić information content (AvgIpc) is 2.53. The summed E-state index contributed by atoms with van der Waals surface area (Å²) >= 11 is 0. The predicted molar refractivity (Wildman–Crippen MR) is 90.8 cm³/mol. The molecular formula is C17H21ClN2O2. The SMILES string of the molecule is CCCNC(Cc1ccccc1)(c1ccccc1)[N+](=O)[O-].Cl. The summed E-state index contributed by atoms with van der Waals surface area (Å²) in [6.07, 6.45) is 1.17. The van der Waals surface area contributed by atoms with Crippen molar-refractivity contribution in [3.05, 3.63) is 81.9 Å². The topological polar surface area (TPSA) is 55.2 Å². The van der Waals surface area contributed by atoms with Crippen LogP contribution in [0.15, 0.2) is 60.7 Å². The molecular weight excluding hydrogens is 300 g/mol. The Balaban J connectivity index is 0.00000242. The van der Waals surface area contributed by atoms with Crippen molar-refractivity contribution < 1.29 is 4.92 Å². The molecule has 0 fully saturated rings. The van der Waals surface area contributed by atoms with E-state index in [1.165, 1.54) is 0 Å². The van der Waals surface area contributed by atoms with Gasteiger partial charge in [0.05, 0.1) is 6.42 Å². The second kappa shape index (κ2) is 8.51. The van der Waals surface area contributed by atoms with E-state index in [1.54, 1.807) is 0 Å². The van der Waals surface area contributed by atoms with Crippen LogP contribution in [0.5, 0.6) is 0 Å². The van der Waals surface area contributed by atoms with Crippen LogP contribution in [-0.2, 0) is 12.1 Å². The van der Waals surface area contributed by atoms with Gasteiger partial charge in [-0.1, -0.05) is 67.6 Å². The number of hydrogen-bond donors (Lipinski definition) is 1. The molecule has 0 saturated heterocycles. The molecule has 0 aliphatic heterocycles. The van der Waals surface area contributed by atoms with Gasteiger partial charge in [-0.2, -0.15) is 0 Å². The van der Waals surface area contributed by atoms with Crippen LogP contribution in [0.2, 0.25) is 0 Å². The van der Waals surface area contributed by atoms with E-state index >= 15 is 0 Å². The zero-order valence-corrected chi connectivity index (χ0v) is 13.4. The Bertz CT molecular complexity index is 578. The first-order valence-corrected chi connectivity index (χ1v) is 7.18. The van der Waals surface area contributed by atoms with Crippen LogP contribution in [0.1, 0.15) is 24.5 Å². The highest BCUT2D eigenvalue weighted by Crippen LogP contribution is 2.26. The Hall–Kier alpha value is -1.91. The average molecular weight is 321 g/mol. The van der Waals surface area contributed by atoms with Crippen LogP contribution in [0.25, 0.3) is 0 Å². The molecule has 0 heterocycles. The second-order valence-electron chi connectivity index (χ2n) is 5.07. The molecule has 2 aromatic rings. The van der Waals surface area contributed by atoms with Gasteiger partial charge in [-0.05, 0) is 12.0 Å². The molecule has 0 saturated carbocycles. The number of nitrogens with one attached hydrogen (secondary N) is 1. The molecule has 0 aliphatic rings. The van der Waals surface area contributed by atoms with Gasteiger partial charge in [0.1, 0.15) is 0 Å². The van der Waals surface area contributed by atoms with Crippen molar-refractivity contribution in [1.29, 1.82) is 0 Å². The number of halogens is 1. The standard InChI is InChI=1S/C17H20N2O2.ClH/c1-2-13-18-17(19(20)21,16-11-7-4-8-12-16)14-15-9-5-3-6-10-15;/h3-12,18H,2,13-14H2,1H3;1H.